The summed E-state index contributed by atoms with van der Waals surface area (Å²) in [7, 11) is 2.17. The van der Waals surface area contributed by atoms with E-state index in [2.05, 4.69) is 17.3 Å². The molecule has 2 atom stereocenters. The highest BCUT2D eigenvalue weighted by Gasteiger charge is 2.17. The Bertz CT molecular complexity index is 413. The topological polar surface area (TPSA) is 44.7 Å². The van der Waals surface area contributed by atoms with Gasteiger partial charge in [0, 0.05) is 18.1 Å². The first-order chi connectivity index (χ1) is 10.1. The van der Waals surface area contributed by atoms with Crippen molar-refractivity contribution >= 4 is 11.6 Å². The van der Waals surface area contributed by atoms with Gasteiger partial charge >= 0.3 is 0 Å². The van der Waals surface area contributed by atoms with Crippen LogP contribution < -0.4 is 10.1 Å². The molecule has 1 saturated heterocycles. The first kappa shape index (κ1) is 16.6. The summed E-state index contributed by atoms with van der Waals surface area (Å²) < 4.78 is 5.53. The summed E-state index contributed by atoms with van der Waals surface area (Å²) in [6.07, 6.45) is 2.04. The van der Waals surface area contributed by atoms with Gasteiger partial charge in [-0.2, -0.15) is 0 Å². The third-order valence-electron chi connectivity index (χ3n) is 3.79. The number of rotatable bonds is 7. The molecule has 118 valence electrons. The molecule has 0 spiro atoms. The van der Waals surface area contributed by atoms with E-state index in [1.54, 1.807) is 24.3 Å². The third-order valence-corrected chi connectivity index (χ3v) is 4.04. The van der Waals surface area contributed by atoms with Crippen LogP contribution in [0.3, 0.4) is 0 Å². The monoisotopic (exact) mass is 312 g/mol. The van der Waals surface area contributed by atoms with Gasteiger partial charge in [0.25, 0.3) is 0 Å². The highest BCUT2D eigenvalue weighted by atomic mass is 35.5. The lowest BCUT2D eigenvalue weighted by Gasteiger charge is -2.30. The van der Waals surface area contributed by atoms with Gasteiger partial charge in [0.2, 0.25) is 0 Å². The second-order valence-corrected chi connectivity index (χ2v) is 6.28. The summed E-state index contributed by atoms with van der Waals surface area (Å²) in [5, 5.41) is 13.9. The number of nitrogens with zero attached hydrogens (tertiary/aromatic N) is 1. The van der Waals surface area contributed by atoms with E-state index in [4.69, 9.17) is 16.3 Å². The van der Waals surface area contributed by atoms with Gasteiger partial charge in [-0.25, -0.2) is 0 Å². The molecule has 1 fully saturated rings. The average molecular weight is 313 g/mol. The SMILES string of the molecule is CN1CCCC(CNCC(O)COc2ccc(Cl)cc2)C1. The largest absolute Gasteiger partial charge is 0.491 e. The number of hydrogen-bond donors (Lipinski definition) is 2. The van der Waals surface area contributed by atoms with E-state index >= 15 is 0 Å². The first-order valence-electron chi connectivity index (χ1n) is 7.59. The van der Waals surface area contributed by atoms with E-state index in [0.717, 1.165) is 18.8 Å². The van der Waals surface area contributed by atoms with Gasteiger partial charge in [0.05, 0.1) is 0 Å². The van der Waals surface area contributed by atoms with Crippen molar-refractivity contribution in [3.05, 3.63) is 29.3 Å². The van der Waals surface area contributed by atoms with Crippen molar-refractivity contribution in [2.75, 3.05) is 39.8 Å². The number of halogens is 1. The minimum Gasteiger partial charge on any atom is -0.491 e. The van der Waals surface area contributed by atoms with Crippen LogP contribution in [0.4, 0.5) is 0 Å². The Morgan fingerprint density at radius 3 is 2.90 bits per heavy atom. The van der Waals surface area contributed by atoms with Gasteiger partial charge < -0.3 is 20.1 Å². The summed E-state index contributed by atoms with van der Waals surface area (Å²) in [5.41, 5.74) is 0. The fourth-order valence-corrected chi connectivity index (χ4v) is 2.80. The van der Waals surface area contributed by atoms with Gasteiger partial charge in [-0.3, -0.25) is 0 Å². The molecular weight excluding hydrogens is 288 g/mol. The molecule has 1 aliphatic rings. The van der Waals surface area contributed by atoms with E-state index in [0.29, 0.717) is 24.1 Å². The summed E-state index contributed by atoms with van der Waals surface area (Å²) in [6, 6.07) is 7.17. The lowest BCUT2D eigenvalue weighted by atomic mass is 9.98. The zero-order valence-corrected chi connectivity index (χ0v) is 13.4. The van der Waals surface area contributed by atoms with E-state index in [-0.39, 0.29) is 0 Å². The number of ether oxygens (including phenoxy) is 1. The standard InChI is InChI=1S/C16H25ClN2O2/c1-19-8-2-3-13(11-19)9-18-10-15(20)12-21-16-6-4-14(17)5-7-16/h4-7,13,15,18,20H,2-3,8-12H2,1H3. The lowest BCUT2D eigenvalue weighted by Crippen LogP contribution is -2.40. The van der Waals surface area contributed by atoms with Crippen LogP contribution in [0.5, 0.6) is 5.75 Å². The predicted octanol–water partition coefficient (Wildman–Crippen LogP) is 2.01. The predicted molar refractivity (Wildman–Crippen MR) is 86.0 cm³/mol. The van der Waals surface area contributed by atoms with Gasteiger partial charge in [-0.05, 0) is 63.2 Å². The Kier molecular flexibility index (Phi) is 6.77. The number of benzene rings is 1. The van der Waals surface area contributed by atoms with Gasteiger partial charge in [-0.15, -0.1) is 0 Å². The fourth-order valence-electron chi connectivity index (χ4n) is 2.68. The normalized spacial score (nSPS) is 21.2. The number of nitrogens with one attached hydrogen (secondary N) is 1. The van der Waals surface area contributed by atoms with Crippen LogP contribution in [0, 0.1) is 5.92 Å². The van der Waals surface area contributed by atoms with Crippen molar-refractivity contribution in [3.8, 4) is 5.75 Å². The van der Waals surface area contributed by atoms with Crippen molar-refractivity contribution in [2.24, 2.45) is 5.92 Å². The maximum absolute atomic E-state index is 9.92. The van der Waals surface area contributed by atoms with Gasteiger partial charge in [0.15, 0.2) is 0 Å². The Morgan fingerprint density at radius 2 is 2.19 bits per heavy atom. The molecule has 5 heteroatoms. The van der Waals surface area contributed by atoms with E-state index in [9.17, 15) is 5.11 Å². The minimum atomic E-state index is -0.498. The second-order valence-electron chi connectivity index (χ2n) is 5.85. The molecule has 1 aromatic rings. The number of likely N-dealkylation sites (tertiary alicyclic amines) is 1. The molecule has 2 N–H and O–H groups in total. The Hall–Kier alpha value is -0.810. The van der Waals surface area contributed by atoms with Crippen LogP contribution in [0.25, 0.3) is 0 Å². The smallest absolute Gasteiger partial charge is 0.119 e. The molecule has 0 saturated carbocycles. The fraction of sp³-hybridized carbons (Fsp3) is 0.625. The summed E-state index contributed by atoms with van der Waals surface area (Å²) >= 11 is 5.81. The molecule has 0 radical (unpaired) electrons. The number of hydrogen-bond acceptors (Lipinski definition) is 4. The molecule has 1 aliphatic heterocycles. The van der Waals surface area contributed by atoms with Crippen LogP contribution in [0.2, 0.25) is 5.02 Å². The maximum atomic E-state index is 9.92. The van der Waals surface area contributed by atoms with Crippen molar-refractivity contribution in [2.45, 2.75) is 18.9 Å². The van der Waals surface area contributed by atoms with Crippen molar-refractivity contribution in [1.82, 2.24) is 10.2 Å². The second kappa shape index (κ2) is 8.59. The van der Waals surface area contributed by atoms with Crippen LogP contribution in [-0.2, 0) is 0 Å². The number of aliphatic hydroxyl groups excluding tert-OH is 1. The quantitative estimate of drug-likeness (QED) is 0.808. The average Bonchev–Trinajstić information content (AvgIpc) is 2.47. The van der Waals surface area contributed by atoms with E-state index < -0.39 is 6.10 Å². The van der Waals surface area contributed by atoms with Crippen LogP contribution in [0.15, 0.2) is 24.3 Å². The molecular formula is C16H25ClN2O2. The highest BCUT2D eigenvalue weighted by molar-refractivity contribution is 6.30. The summed E-state index contributed by atoms with van der Waals surface area (Å²) in [5.74, 6) is 1.42. The molecule has 4 nitrogen and oxygen atoms in total. The summed E-state index contributed by atoms with van der Waals surface area (Å²) in [4.78, 5) is 2.37. The van der Waals surface area contributed by atoms with Crippen LogP contribution in [0.1, 0.15) is 12.8 Å². The molecule has 0 aliphatic carbocycles. The van der Waals surface area contributed by atoms with Crippen LogP contribution >= 0.6 is 11.6 Å². The van der Waals surface area contributed by atoms with Crippen LogP contribution in [-0.4, -0.2) is 55.9 Å². The maximum Gasteiger partial charge on any atom is 0.119 e. The lowest BCUT2D eigenvalue weighted by molar-refractivity contribution is 0.103. The minimum absolute atomic E-state index is 0.291. The number of aliphatic hydroxyl groups is 1. The molecule has 2 rings (SSSR count). The van der Waals surface area contributed by atoms with E-state index in [1.807, 2.05) is 0 Å². The Morgan fingerprint density at radius 1 is 1.43 bits per heavy atom. The van der Waals surface area contributed by atoms with Gasteiger partial charge in [0.1, 0.15) is 18.5 Å². The zero-order valence-electron chi connectivity index (χ0n) is 12.6. The highest BCUT2D eigenvalue weighted by Crippen LogP contribution is 2.16. The zero-order chi connectivity index (χ0) is 15.1. The Balaban J connectivity index is 1.59. The molecule has 1 heterocycles. The molecule has 0 amide bonds. The molecule has 21 heavy (non-hydrogen) atoms. The van der Waals surface area contributed by atoms with Crippen molar-refractivity contribution < 1.29 is 9.84 Å². The van der Waals surface area contributed by atoms with Crippen molar-refractivity contribution in [1.29, 1.82) is 0 Å². The molecule has 1 aromatic carbocycles. The number of piperidine rings is 1. The molecule has 2 unspecified atom stereocenters. The van der Waals surface area contributed by atoms with E-state index in [1.165, 1.54) is 19.4 Å². The molecule has 0 aromatic heterocycles. The summed E-state index contributed by atoms with van der Waals surface area (Å²) in [6.45, 7) is 4.16. The van der Waals surface area contributed by atoms with Crippen molar-refractivity contribution in [3.63, 3.8) is 0 Å². The Labute approximate surface area is 132 Å². The molecule has 0 bridgehead atoms. The third kappa shape index (κ3) is 6.22. The van der Waals surface area contributed by atoms with Gasteiger partial charge in [-0.1, -0.05) is 11.6 Å². The first-order valence-corrected chi connectivity index (χ1v) is 7.97.